The lowest BCUT2D eigenvalue weighted by Crippen LogP contribution is -2.53. The van der Waals surface area contributed by atoms with Gasteiger partial charge in [0.25, 0.3) is 0 Å². The number of nitrogens with zero attached hydrogens (tertiary/aromatic N) is 1. The minimum atomic E-state index is 0.131. The third-order valence-corrected chi connectivity index (χ3v) is 3.97. The van der Waals surface area contributed by atoms with Crippen LogP contribution < -0.4 is 10.5 Å². The maximum Gasteiger partial charge on any atom is 0.119 e. The summed E-state index contributed by atoms with van der Waals surface area (Å²) in [7, 11) is 1.71. The highest BCUT2D eigenvalue weighted by atomic mass is 16.5. The molecule has 1 aromatic rings. The van der Waals surface area contributed by atoms with Gasteiger partial charge in [-0.25, -0.2) is 0 Å². The van der Waals surface area contributed by atoms with Gasteiger partial charge in [0.05, 0.1) is 13.2 Å². The summed E-state index contributed by atoms with van der Waals surface area (Å²) in [5.41, 5.74) is 7.80. The summed E-state index contributed by atoms with van der Waals surface area (Å²) in [6, 6.07) is 8.80. The van der Waals surface area contributed by atoms with Gasteiger partial charge in [-0.1, -0.05) is 12.1 Å². The number of likely N-dealkylation sites (tertiary alicyclic amines) is 1. The Morgan fingerprint density at radius 2 is 2.05 bits per heavy atom. The van der Waals surface area contributed by atoms with E-state index < -0.39 is 0 Å². The van der Waals surface area contributed by atoms with Crippen molar-refractivity contribution < 1.29 is 4.74 Å². The molecule has 1 fully saturated rings. The quantitative estimate of drug-likeness (QED) is 0.890. The van der Waals surface area contributed by atoms with Gasteiger partial charge in [-0.2, -0.15) is 0 Å². The van der Waals surface area contributed by atoms with E-state index >= 15 is 0 Å². The molecule has 0 saturated carbocycles. The molecular formula is C16H26N2O. The molecule has 2 N–H and O–H groups in total. The van der Waals surface area contributed by atoms with Crippen LogP contribution in [0.4, 0.5) is 0 Å². The van der Waals surface area contributed by atoms with Gasteiger partial charge in [0.1, 0.15) is 5.75 Å². The summed E-state index contributed by atoms with van der Waals surface area (Å²) in [4.78, 5) is 2.52. The van der Waals surface area contributed by atoms with E-state index in [2.05, 4.69) is 43.9 Å². The summed E-state index contributed by atoms with van der Waals surface area (Å²) >= 11 is 0. The molecule has 106 valence electrons. The second-order valence-electron chi connectivity index (χ2n) is 6.39. The fourth-order valence-electron chi connectivity index (χ4n) is 3.03. The largest absolute Gasteiger partial charge is 0.497 e. The number of nitrogens with two attached hydrogens (primary N) is 1. The number of hydrogen-bond donors (Lipinski definition) is 1. The van der Waals surface area contributed by atoms with E-state index in [-0.39, 0.29) is 17.6 Å². The summed E-state index contributed by atoms with van der Waals surface area (Å²) in [6.07, 6.45) is 2.27. The number of ether oxygens (including phenoxy) is 1. The van der Waals surface area contributed by atoms with Gasteiger partial charge in [0, 0.05) is 11.6 Å². The van der Waals surface area contributed by atoms with Crippen LogP contribution in [0, 0.1) is 0 Å². The lowest BCUT2D eigenvalue weighted by atomic mass is 9.87. The zero-order valence-corrected chi connectivity index (χ0v) is 12.5. The minimum Gasteiger partial charge on any atom is -0.497 e. The van der Waals surface area contributed by atoms with Crippen LogP contribution in [0.15, 0.2) is 24.3 Å². The third-order valence-electron chi connectivity index (χ3n) is 3.97. The molecule has 1 saturated heterocycles. The van der Waals surface area contributed by atoms with Crippen molar-refractivity contribution in [1.82, 2.24) is 4.90 Å². The minimum absolute atomic E-state index is 0.131. The number of piperidine rings is 1. The van der Waals surface area contributed by atoms with E-state index in [4.69, 9.17) is 10.5 Å². The molecule has 1 aliphatic heterocycles. The number of methoxy groups -OCH3 is 1. The Balaban J connectivity index is 2.36. The van der Waals surface area contributed by atoms with Gasteiger partial charge in [-0.15, -0.1) is 0 Å². The lowest BCUT2D eigenvalue weighted by Gasteiger charge is -2.47. The molecule has 0 radical (unpaired) electrons. The first kappa shape index (κ1) is 14.4. The molecule has 19 heavy (non-hydrogen) atoms. The van der Waals surface area contributed by atoms with Gasteiger partial charge in [0.2, 0.25) is 0 Å². The van der Waals surface area contributed by atoms with Crippen molar-refractivity contribution in [3.05, 3.63) is 29.8 Å². The molecule has 2 atom stereocenters. The van der Waals surface area contributed by atoms with E-state index in [9.17, 15) is 0 Å². The van der Waals surface area contributed by atoms with Crippen LogP contribution in [0.3, 0.4) is 0 Å². The fraction of sp³-hybridized carbons (Fsp3) is 0.625. The van der Waals surface area contributed by atoms with Crippen LogP contribution in [0.2, 0.25) is 0 Å². The smallest absolute Gasteiger partial charge is 0.119 e. The Labute approximate surface area is 116 Å². The fourth-order valence-corrected chi connectivity index (χ4v) is 3.03. The average molecular weight is 262 g/mol. The summed E-state index contributed by atoms with van der Waals surface area (Å²) < 4.78 is 5.34. The number of benzene rings is 1. The highest BCUT2D eigenvalue weighted by molar-refractivity contribution is 5.32. The molecule has 0 bridgehead atoms. The van der Waals surface area contributed by atoms with Gasteiger partial charge in [0.15, 0.2) is 0 Å². The monoisotopic (exact) mass is 262 g/mol. The predicted molar refractivity (Wildman–Crippen MR) is 79.4 cm³/mol. The molecule has 2 unspecified atom stereocenters. The normalized spacial score (nSPS) is 25.3. The highest BCUT2D eigenvalue weighted by Crippen LogP contribution is 2.36. The van der Waals surface area contributed by atoms with Gasteiger partial charge in [-0.3, -0.25) is 4.90 Å². The van der Waals surface area contributed by atoms with E-state index in [0.29, 0.717) is 0 Å². The molecule has 0 aliphatic carbocycles. The Morgan fingerprint density at radius 1 is 1.32 bits per heavy atom. The van der Waals surface area contributed by atoms with Crippen molar-refractivity contribution in [1.29, 1.82) is 0 Å². The van der Waals surface area contributed by atoms with Crippen LogP contribution in [-0.2, 0) is 0 Å². The summed E-state index contributed by atoms with van der Waals surface area (Å²) in [5, 5.41) is 0. The van der Waals surface area contributed by atoms with Crippen LogP contribution in [0.25, 0.3) is 0 Å². The molecule has 3 heteroatoms. The van der Waals surface area contributed by atoms with Crippen LogP contribution in [-0.4, -0.2) is 30.1 Å². The van der Waals surface area contributed by atoms with Gasteiger partial charge < -0.3 is 10.5 Å². The lowest BCUT2D eigenvalue weighted by molar-refractivity contribution is 0.0383. The zero-order chi connectivity index (χ0) is 14.0. The van der Waals surface area contributed by atoms with Crippen molar-refractivity contribution >= 4 is 0 Å². The molecule has 1 aliphatic rings. The van der Waals surface area contributed by atoms with E-state index in [1.54, 1.807) is 7.11 Å². The zero-order valence-electron chi connectivity index (χ0n) is 12.5. The van der Waals surface area contributed by atoms with Gasteiger partial charge in [-0.05, 0) is 57.9 Å². The second-order valence-corrected chi connectivity index (χ2v) is 6.39. The molecule has 0 amide bonds. The van der Waals surface area contributed by atoms with E-state index in [1.807, 2.05) is 6.07 Å². The molecular weight excluding hydrogens is 236 g/mol. The maximum absolute atomic E-state index is 6.41. The Morgan fingerprint density at radius 3 is 2.68 bits per heavy atom. The SMILES string of the molecule is COc1cccc(C2C(N)CCCN2C(C)(C)C)c1. The number of hydrogen-bond acceptors (Lipinski definition) is 3. The van der Waals surface area contributed by atoms with E-state index in [0.717, 1.165) is 18.7 Å². The van der Waals surface area contributed by atoms with Crippen molar-refractivity contribution in [2.45, 2.75) is 51.2 Å². The van der Waals surface area contributed by atoms with Crippen molar-refractivity contribution in [2.24, 2.45) is 5.73 Å². The second kappa shape index (κ2) is 5.51. The maximum atomic E-state index is 6.41. The van der Waals surface area contributed by atoms with E-state index in [1.165, 1.54) is 12.0 Å². The van der Waals surface area contributed by atoms with Gasteiger partial charge >= 0.3 is 0 Å². The molecule has 1 aromatic carbocycles. The topological polar surface area (TPSA) is 38.5 Å². The standard InChI is InChI=1S/C16H26N2O/c1-16(2,3)18-10-6-9-14(17)15(18)12-7-5-8-13(11-12)19-4/h5,7-8,11,14-15H,6,9-10,17H2,1-4H3. The first-order valence-electron chi connectivity index (χ1n) is 7.10. The predicted octanol–water partition coefficient (Wildman–Crippen LogP) is 2.96. The first-order chi connectivity index (χ1) is 8.93. The molecule has 3 nitrogen and oxygen atoms in total. The highest BCUT2D eigenvalue weighted by Gasteiger charge is 2.36. The Bertz CT molecular complexity index is 425. The number of rotatable bonds is 2. The first-order valence-corrected chi connectivity index (χ1v) is 7.10. The molecule has 2 rings (SSSR count). The van der Waals surface area contributed by atoms with Crippen LogP contribution >= 0.6 is 0 Å². The molecule has 1 heterocycles. The molecule has 0 aromatic heterocycles. The summed E-state index contributed by atoms with van der Waals surface area (Å²) in [6.45, 7) is 7.90. The Kier molecular flexibility index (Phi) is 4.16. The molecule has 0 spiro atoms. The van der Waals surface area contributed by atoms with Crippen LogP contribution in [0.5, 0.6) is 5.75 Å². The van der Waals surface area contributed by atoms with Crippen molar-refractivity contribution in [2.75, 3.05) is 13.7 Å². The average Bonchev–Trinajstić information content (AvgIpc) is 2.37. The van der Waals surface area contributed by atoms with Crippen molar-refractivity contribution in [3.63, 3.8) is 0 Å². The third kappa shape index (κ3) is 3.10. The van der Waals surface area contributed by atoms with Crippen molar-refractivity contribution in [3.8, 4) is 5.75 Å². The van der Waals surface area contributed by atoms with Crippen LogP contribution in [0.1, 0.15) is 45.2 Å². The summed E-state index contributed by atoms with van der Waals surface area (Å²) in [5.74, 6) is 0.907. The Hall–Kier alpha value is -1.06.